The van der Waals surface area contributed by atoms with Gasteiger partial charge in [-0.1, -0.05) is 6.07 Å². The minimum absolute atomic E-state index is 0.303. The summed E-state index contributed by atoms with van der Waals surface area (Å²) in [6.45, 7) is 7.34. The standard InChI is InChI=1S/C12H16FNOS/c1-9-5-10(7-11(13)6-9)8-14-16(15)12(2,3)4/h5-8H,1-4H3. The first-order valence-electron chi connectivity index (χ1n) is 5.02. The van der Waals surface area contributed by atoms with Crippen LogP contribution >= 0.6 is 0 Å². The van der Waals surface area contributed by atoms with Crippen molar-refractivity contribution in [1.29, 1.82) is 0 Å². The van der Waals surface area contributed by atoms with Crippen LogP contribution in [0.15, 0.2) is 22.6 Å². The molecule has 0 fully saturated rings. The molecule has 1 aromatic rings. The van der Waals surface area contributed by atoms with Gasteiger partial charge in [-0.3, -0.25) is 0 Å². The van der Waals surface area contributed by atoms with E-state index in [1.54, 1.807) is 13.0 Å². The molecule has 1 aromatic carbocycles. The third-order valence-corrected chi connectivity index (χ3v) is 3.23. The second-order valence-corrected chi connectivity index (χ2v) is 6.59. The van der Waals surface area contributed by atoms with E-state index in [2.05, 4.69) is 4.40 Å². The summed E-state index contributed by atoms with van der Waals surface area (Å²) in [5.41, 5.74) is 1.46. The van der Waals surface area contributed by atoms with Gasteiger partial charge in [0.1, 0.15) is 16.8 Å². The lowest BCUT2D eigenvalue weighted by atomic mass is 10.1. The molecule has 2 nitrogen and oxygen atoms in total. The summed E-state index contributed by atoms with van der Waals surface area (Å²) in [5.74, 6) is -0.303. The van der Waals surface area contributed by atoms with Crippen LogP contribution in [-0.4, -0.2) is 15.2 Å². The van der Waals surface area contributed by atoms with Crippen LogP contribution in [0.5, 0.6) is 0 Å². The normalized spacial score (nSPS) is 14.3. The van der Waals surface area contributed by atoms with E-state index < -0.39 is 15.7 Å². The molecule has 1 atom stereocenters. The van der Waals surface area contributed by atoms with Crippen LogP contribution in [0.1, 0.15) is 31.9 Å². The number of halogens is 1. The zero-order valence-corrected chi connectivity index (χ0v) is 10.8. The summed E-state index contributed by atoms with van der Waals surface area (Å²) < 4.78 is 28.2. The maximum absolute atomic E-state index is 13.0. The Morgan fingerprint density at radius 1 is 1.31 bits per heavy atom. The molecular weight excluding hydrogens is 225 g/mol. The summed E-state index contributed by atoms with van der Waals surface area (Å²) in [5, 5.41) is 0. The van der Waals surface area contributed by atoms with Crippen LogP contribution in [-0.2, 0) is 11.0 Å². The highest BCUT2D eigenvalue weighted by atomic mass is 32.2. The SMILES string of the molecule is Cc1cc(F)cc(C=NS(=O)C(C)(C)C)c1. The van der Waals surface area contributed by atoms with Crippen LogP contribution in [0.3, 0.4) is 0 Å². The molecule has 88 valence electrons. The predicted molar refractivity (Wildman–Crippen MR) is 66.6 cm³/mol. The Bertz CT molecular complexity index is 415. The fourth-order valence-electron chi connectivity index (χ4n) is 1.11. The Kier molecular flexibility index (Phi) is 3.97. The van der Waals surface area contributed by atoms with Gasteiger partial charge in [-0.2, -0.15) is 4.40 Å². The molecule has 1 rings (SSSR count). The molecule has 1 unspecified atom stereocenters. The van der Waals surface area contributed by atoms with Crippen LogP contribution in [0.25, 0.3) is 0 Å². The smallest absolute Gasteiger partial charge is 0.144 e. The van der Waals surface area contributed by atoms with Gasteiger partial charge in [0.25, 0.3) is 0 Å². The average Bonchev–Trinajstić information content (AvgIpc) is 2.11. The van der Waals surface area contributed by atoms with Gasteiger partial charge in [0.2, 0.25) is 0 Å². The zero-order chi connectivity index (χ0) is 12.3. The Hall–Kier alpha value is -1.03. The van der Waals surface area contributed by atoms with E-state index in [9.17, 15) is 8.60 Å². The molecule has 0 aliphatic rings. The van der Waals surface area contributed by atoms with E-state index >= 15 is 0 Å². The third-order valence-electron chi connectivity index (χ3n) is 1.89. The van der Waals surface area contributed by atoms with Crippen molar-refractivity contribution in [2.24, 2.45) is 4.40 Å². The molecule has 0 bridgehead atoms. The quantitative estimate of drug-likeness (QED) is 0.732. The predicted octanol–water partition coefficient (Wildman–Crippen LogP) is 3.02. The second-order valence-electron chi connectivity index (χ2n) is 4.66. The summed E-state index contributed by atoms with van der Waals surface area (Å²) >= 11 is 0. The molecule has 4 heteroatoms. The minimum atomic E-state index is -1.30. The number of hydrogen-bond acceptors (Lipinski definition) is 1. The summed E-state index contributed by atoms with van der Waals surface area (Å²) in [6.07, 6.45) is 1.46. The highest BCUT2D eigenvalue weighted by molar-refractivity contribution is 7.85. The minimum Gasteiger partial charge on any atom is -0.234 e. The maximum atomic E-state index is 13.0. The largest absolute Gasteiger partial charge is 0.234 e. The number of aryl methyl sites for hydroxylation is 1. The Morgan fingerprint density at radius 2 is 1.94 bits per heavy atom. The van der Waals surface area contributed by atoms with E-state index in [4.69, 9.17) is 0 Å². The van der Waals surface area contributed by atoms with Gasteiger partial charge >= 0.3 is 0 Å². The van der Waals surface area contributed by atoms with Gasteiger partial charge in [0.15, 0.2) is 0 Å². The van der Waals surface area contributed by atoms with Gasteiger partial charge in [-0.05, 0) is 51.0 Å². The lowest BCUT2D eigenvalue weighted by Gasteiger charge is -2.12. The number of benzene rings is 1. The molecule has 0 heterocycles. The van der Waals surface area contributed by atoms with Crippen molar-refractivity contribution in [3.8, 4) is 0 Å². The van der Waals surface area contributed by atoms with Crippen LogP contribution in [0, 0.1) is 12.7 Å². The molecule has 0 saturated heterocycles. The van der Waals surface area contributed by atoms with Crippen molar-refractivity contribution in [3.05, 3.63) is 35.1 Å². The van der Waals surface area contributed by atoms with Gasteiger partial charge in [-0.25, -0.2) is 8.60 Å². The molecule has 0 spiro atoms. The van der Waals surface area contributed by atoms with Gasteiger partial charge in [0.05, 0.1) is 4.75 Å². The monoisotopic (exact) mass is 241 g/mol. The fraction of sp³-hybridized carbons (Fsp3) is 0.417. The van der Waals surface area contributed by atoms with Gasteiger partial charge < -0.3 is 0 Å². The van der Waals surface area contributed by atoms with Crippen molar-refractivity contribution in [2.45, 2.75) is 32.4 Å². The Labute approximate surface area is 98.2 Å². The number of rotatable bonds is 2. The first kappa shape index (κ1) is 13.0. The van der Waals surface area contributed by atoms with Crippen LogP contribution in [0.4, 0.5) is 4.39 Å². The van der Waals surface area contributed by atoms with Crippen molar-refractivity contribution < 1.29 is 8.60 Å². The number of nitrogens with zero attached hydrogens (tertiary/aromatic N) is 1. The second kappa shape index (κ2) is 4.87. The summed E-state index contributed by atoms with van der Waals surface area (Å²) in [6, 6.07) is 4.61. The van der Waals surface area contributed by atoms with Gasteiger partial charge in [0, 0.05) is 6.21 Å². The molecule has 0 aliphatic carbocycles. The van der Waals surface area contributed by atoms with Crippen molar-refractivity contribution in [3.63, 3.8) is 0 Å². The topological polar surface area (TPSA) is 29.4 Å². The van der Waals surface area contributed by atoms with Crippen molar-refractivity contribution in [1.82, 2.24) is 0 Å². The summed E-state index contributed by atoms with van der Waals surface area (Å²) in [4.78, 5) is 0. The van der Waals surface area contributed by atoms with Crippen LogP contribution in [0.2, 0.25) is 0 Å². The lowest BCUT2D eigenvalue weighted by Crippen LogP contribution is -2.19. The highest BCUT2D eigenvalue weighted by Crippen LogP contribution is 2.13. The van der Waals surface area contributed by atoms with Crippen LogP contribution < -0.4 is 0 Å². The van der Waals surface area contributed by atoms with Crippen molar-refractivity contribution in [2.75, 3.05) is 0 Å². The third kappa shape index (κ3) is 3.85. The molecule has 16 heavy (non-hydrogen) atoms. The molecular formula is C12H16FNOS. The molecule has 0 aliphatic heterocycles. The molecule has 0 amide bonds. The maximum Gasteiger partial charge on any atom is 0.144 e. The zero-order valence-electron chi connectivity index (χ0n) is 9.95. The van der Waals surface area contributed by atoms with E-state index in [1.165, 1.54) is 18.3 Å². The van der Waals surface area contributed by atoms with E-state index in [1.807, 2.05) is 20.8 Å². The van der Waals surface area contributed by atoms with E-state index in [-0.39, 0.29) is 5.82 Å². The Balaban J connectivity index is 2.89. The van der Waals surface area contributed by atoms with Crippen molar-refractivity contribution >= 4 is 17.2 Å². The molecule has 0 aromatic heterocycles. The van der Waals surface area contributed by atoms with E-state index in [0.717, 1.165) is 5.56 Å². The summed E-state index contributed by atoms with van der Waals surface area (Å²) in [7, 11) is -1.30. The first-order chi connectivity index (χ1) is 7.29. The number of hydrogen-bond donors (Lipinski definition) is 0. The highest BCUT2D eigenvalue weighted by Gasteiger charge is 2.18. The molecule has 0 radical (unpaired) electrons. The molecule has 0 saturated carbocycles. The van der Waals surface area contributed by atoms with E-state index in [0.29, 0.717) is 5.56 Å². The Morgan fingerprint density at radius 3 is 2.44 bits per heavy atom. The fourth-order valence-corrected chi connectivity index (χ4v) is 1.64. The lowest BCUT2D eigenvalue weighted by molar-refractivity contribution is 0.626. The first-order valence-corrected chi connectivity index (χ1v) is 6.13. The average molecular weight is 241 g/mol. The molecule has 0 N–H and O–H groups in total. The van der Waals surface area contributed by atoms with Gasteiger partial charge in [-0.15, -0.1) is 0 Å².